The van der Waals surface area contributed by atoms with Crippen molar-refractivity contribution in [2.75, 3.05) is 19.8 Å². The lowest BCUT2D eigenvalue weighted by atomic mass is 10.0. The van der Waals surface area contributed by atoms with Crippen LogP contribution < -0.4 is 9.47 Å². The highest BCUT2D eigenvalue weighted by Crippen LogP contribution is 2.24. The Morgan fingerprint density at radius 2 is 2.00 bits per heavy atom. The van der Waals surface area contributed by atoms with Gasteiger partial charge in [-0.2, -0.15) is 8.78 Å². The first-order valence-corrected chi connectivity index (χ1v) is 10.7. The van der Waals surface area contributed by atoms with Gasteiger partial charge in [-0.15, -0.1) is 0 Å². The zero-order valence-electron chi connectivity index (χ0n) is 17.8. The quantitative estimate of drug-likeness (QED) is 0.499. The van der Waals surface area contributed by atoms with Gasteiger partial charge in [0, 0.05) is 19.0 Å². The average Bonchev–Trinajstić information content (AvgIpc) is 3.22. The largest absolute Gasteiger partial charge is 0.493 e. The molecule has 168 valence electrons. The number of likely N-dealkylation sites (tertiary alicyclic amines) is 1. The number of amides is 1. The number of rotatable bonds is 10. The molecule has 0 aromatic heterocycles. The van der Waals surface area contributed by atoms with Crippen molar-refractivity contribution in [1.29, 1.82) is 0 Å². The summed E-state index contributed by atoms with van der Waals surface area (Å²) in [4.78, 5) is 13.9. The van der Waals surface area contributed by atoms with Gasteiger partial charge in [0.15, 0.2) is 0 Å². The van der Waals surface area contributed by atoms with Crippen molar-refractivity contribution in [3.8, 4) is 11.5 Å². The molecule has 2 aromatic carbocycles. The van der Waals surface area contributed by atoms with Gasteiger partial charge in [-0.3, -0.25) is 0 Å². The second-order valence-electron chi connectivity index (χ2n) is 7.46. The molecular formula is C24H29F2NO4. The Morgan fingerprint density at radius 3 is 2.81 bits per heavy atom. The van der Waals surface area contributed by atoms with Gasteiger partial charge < -0.3 is 19.1 Å². The second kappa shape index (κ2) is 11.5. The van der Waals surface area contributed by atoms with Crippen LogP contribution in [-0.4, -0.2) is 43.4 Å². The van der Waals surface area contributed by atoms with E-state index in [0.29, 0.717) is 26.1 Å². The van der Waals surface area contributed by atoms with Gasteiger partial charge in [0.25, 0.3) is 0 Å². The molecule has 2 aromatic rings. The summed E-state index contributed by atoms with van der Waals surface area (Å²) < 4.78 is 40.5. The lowest BCUT2D eigenvalue weighted by molar-refractivity contribution is -0.0498. The minimum atomic E-state index is -2.83. The van der Waals surface area contributed by atoms with Crippen LogP contribution in [0.15, 0.2) is 48.5 Å². The molecule has 1 heterocycles. The predicted octanol–water partition coefficient (Wildman–Crippen LogP) is 5.46. The third-order valence-electron chi connectivity index (χ3n) is 5.37. The molecule has 3 rings (SSSR count). The number of benzene rings is 2. The zero-order valence-corrected chi connectivity index (χ0v) is 17.8. The number of para-hydroxylation sites is 1. The minimum Gasteiger partial charge on any atom is -0.493 e. The van der Waals surface area contributed by atoms with Gasteiger partial charge in [0.05, 0.1) is 13.2 Å². The molecule has 1 atom stereocenters. The van der Waals surface area contributed by atoms with E-state index in [1.165, 1.54) is 6.07 Å². The van der Waals surface area contributed by atoms with E-state index in [1.807, 2.05) is 37.3 Å². The number of carbonyl (C=O) groups is 1. The number of ether oxygens (including phenoxy) is 3. The van der Waals surface area contributed by atoms with Crippen LogP contribution in [0.3, 0.4) is 0 Å². The highest BCUT2D eigenvalue weighted by atomic mass is 19.3. The van der Waals surface area contributed by atoms with Gasteiger partial charge in [-0.05, 0) is 61.9 Å². The molecule has 1 amide bonds. The van der Waals surface area contributed by atoms with Crippen molar-refractivity contribution in [3.05, 3.63) is 59.7 Å². The van der Waals surface area contributed by atoms with Crippen molar-refractivity contribution >= 4 is 6.09 Å². The summed E-state index contributed by atoms with van der Waals surface area (Å²) in [5, 5.41) is 0. The van der Waals surface area contributed by atoms with E-state index < -0.39 is 6.61 Å². The van der Waals surface area contributed by atoms with E-state index in [2.05, 4.69) is 4.74 Å². The van der Waals surface area contributed by atoms with E-state index in [0.717, 1.165) is 42.7 Å². The first-order valence-electron chi connectivity index (χ1n) is 10.7. The van der Waals surface area contributed by atoms with Crippen LogP contribution in [0.2, 0.25) is 0 Å². The molecule has 0 spiro atoms. The molecule has 1 saturated heterocycles. The smallest absolute Gasteiger partial charge is 0.409 e. The molecule has 0 bridgehead atoms. The van der Waals surface area contributed by atoms with Gasteiger partial charge >= 0.3 is 12.7 Å². The van der Waals surface area contributed by atoms with E-state index in [9.17, 15) is 13.6 Å². The van der Waals surface area contributed by atoms with Crippen LogP contribution in [0, 0.1) is 0 Å². The molecule has 0 radical (unpaired) electrons. The Hall–Kier alpha value is -2.83. The SMILES string of the molecule is CCOC(=O)N1CCC[C@H]1CCOc1ccccc1CCc1cccc(OC(F)F)c1. The molecule has 7 heteroatoms. The maximum absolute atomic E-state index is 12.4. The fraction of sp³-hybridized carbons (Fsp3) is 0.458. The molecule has 1 aliphatic heterocycles. The zero-order chi connectivity index (χ0) is 22.1. The Bertz CT molecular complexity index is 846. The summed E-state index contributed by atoms with van der Waals surface area (Å²) in [5.41, 5.74) is 1.97. The summed E-state index contributed by atoms with van der Waals surface area (Å²) in [6, 6.07) is 14.7. The number of nitrogens with zero attached hydrogens (tertiary/aromatic N) is 1. The van der Waals surface area contributed by atoms with Crippen molar-refractivity contribution < 1.29 is 27.8 Å². The topological polar surface area (TPSA) is 48.0 Å². The highest BCUT2D eigenvalue weighted by molar-refractivity contribution is 5.68. The average molecular weight is 433 g/mol. The van der Waals surface area contributed by atoms with Crippen LogP contribution in [-0.2, 0) is 17.6 Å². The van der Waals surface area contributed by atoms with Crippen LogP contribution in [0.5, 0.6) is 11.5 Å². The second-order valence-corrected chi connectivity index (χ2v) is 7.46. The fourth-order valence-electron chi connectivity index (χ4n) is 3.89. The molecule has 0 unspecified atom stereocenters. The molecule has 0 aliphatic carbocycles. The van der Waals surface area contributed by atoms with E-state index in [4.69, 9.17) is 9.47 Å². The molecule has 5 nitrogen and oxygen atoms in total. The van der Waals surface area contributed by atoms with Crippen molar-refractivity contribution in [2.24, 2.45) is 0 Å². The van der Waals surface area contributed by atoms with Crippen LogP contribution in [0.25, 0.3) is 0 Å². The summed E-state index contributed by atoms with van der Waals surface area (Å²) in [7, 11) is 0. The van der Waals surface area contributed by atoms with Crippen molar-refractivity contribution in [1.82, 2.24) is 4.90 Å². The third kappa shape index (κ3) is 6.84. The summed E-state index contributed by atoms with van der Waals surface area (Å²) >= 11 is 0. The van der Waals surface area contributed by atoms with Gasteiger partial charge in [0.2, 0.25) is 0 Å². The molecule has 0 N–H and O–H groups in total. The molecule has 0 saturated carbocycles. The number of alkyl halides is 2. The van der Waals surface area contributed by atoms with Gasteiger partial charge in [0.1, 0.15) is 11.5 Å². The predicted molar refractivity (Wildman–Crippen MR) is 114 cm³/mol. The Balaban J connectivity index is 1.53. The van der Waals surface area contributed by atoms with Gasteiger partial charge in [-0.1, -0.05) is 30.3 Å². The summed E-state index contributed by atoms with van der Waals surface area (Å²) in [6.45, 7) is 0.599. The first kappa shape index (κ1) is 22.8. The standard InChI is InChI=1S/C24H29F2NO4/c1-2-29-24(28)27-15-6-9-20(27)14-16-30-22-11-4-3-8-19(22)13-12-18-7-5-10-21(17-18)31-23(25)26/h3-5,7-8,10-11,17,20,23H,2,6,9,12-16H2,1H3/t20-/m0/s1. The molecule has 1 aliphatic rings. The van der Waals surface area contributed by atoms with E-state index in [1.54, 1.807) is 17.0 Å². The van der Waals surface area contributed by atoms with Crippen LogP contribution in [0.1, 0.15) is 37.3 Å². The summed E-state index contributed by atoms with van der Waals surface area (Å²) in [5.74, 6) is 0.975. The molecule has 1 fully saturated rings. The Kier molecular flexibility index (Phi) is 8.50. The fourth-order valence-corrected chi connectivity index (χ4v) is 3.89. The number of hydrogen-bond acceptors (Lipinski definition) is 4. The summed E-state index contributed by atoms with van der Waals surface area (Å²) in [6.07, 6.45) is 3.84. The van der Waals surface area contributed by atoms with Crippen molar-refractivity contribution in [2.45, 2.75) is 51.7 Å². The highest BCUT2D eigenvalue weighted by Gasteiger charge is 2.29. The van der Waals surface area contributed by atoms with E-state index >= 15 is 0 Å². The number of carbonyl (C=O) groups excluding carboxylic acids is 1. The molecule has 31 heavy (non-hydrogen) atoms. The monoisotopic (exact) mass is 433 g/mol. The maximum atomic E-state index is 12.4. The maximum Gasteiger partial charge on any atom is 0.409 e. The van der Waals surface area contributed by atoms with Gasteiger partial charge in [-0.25, -0.2) is 4.79 Å². The Labute approximate surface area is 181 Å². The normalized spacial score (nSPS) is 15.9. The lowest BCUT2D eigenvalue weighted by Gasteiger charge is -2.24. The van der Waals surface area contributed by atoms with Crippen molar-refractivity contribution in [3.63, 3.8) is 0 Å². The number of aryl methyl sites for hydroxylation is 2. The van der Waals surface area contributed by atoms with Crippen LogP contribution in [0.4, 0.5) is 13.6 Å². The number of hydrogen-bond donors (Lipinski definition) is 0. The third-order valence-corrected chi connectivity index (χ3v) is 5.37. The number of halogens is 2. The van der Waals surface area contributed by atoms with Crippen LogP contribution >= 0.6 is 0 Å². The Morgan fingerprint density at radius 1 is 1.16 bits per heavy atom. The first-order chi connectivity index (χ1) is 15.1. The minimum absolute atomic E-state index is 0.142. The molecular weight excluding hydrogens is 404 g/mol. The van der Waals surface area contributed by atoms with E-state index in [-0.39, 0.29) is 17.9 Å². The lowest BCUT2D eigenvalue weighted by Crippen LogP contribution is -2.36.